The maximum absolute atomic E-state index is 9.99. The molecule has 338 valence electrons. The molecule has 2 aliphatic heterocycles. The van der Waals surface area contributed by atoms with Crippen LogP contribution in [0.2, 0.25) is 0 Å². The SMILES string of the molecule is [2H]c1c([2H])c([2H])c2c(c1[2H])c1cc(C(C)(C)C)ccc1n2-c1cc2c3c(c1)N(c1c(-c4ccccc4)cccc1-c1ccccc1)c1ccc(-c4cccc([N+]#[C-])c4)cc1B3c1cc(-c3cccc(C#N)c3)ccc1[Se]2. The Balaban J connectivity index is 1.18. The summed E-state index contributed by atoms with van der Waals surface area (Å²) >= 11 is -0.248. The number of fused-ring (bicyclic) bond motifs is 7. The molecular formula is C66H45BN4Se. The van der Waals surface area contributed by atoms with E-state index in [1.807, 2.05) is 48.5 Å². The first-order valence-electron chi connectivity index (χ1n) is 26.1. The number of nitriles is 1. The second kappa shape index (κ2) is 17.0. The summed E-state index contributed by atoms with van der Waals surface area (Å²) in [4.78, 5) is 6.27. The van der Waals surface area contributed by atoms with E-state index in [0.29, 0.717) is 22.2 Å². The third kappa shape index (κ3) is 7.11. The van der Waals surface area contributed by atoms with E-state index in [0.717, 1.165) is 93.6 Å². The van der Waals surface area contributed by atoms with E-state index in [1.165, 1.54) is 15.4 Å². The number of hydrogen-bond donors (Lipinski definition) is 0. The molecule has 2 aliphatic rings. The number of anilines is 3. The zero-order chi connectivity index (χ0) is 52.1. The zero-order valence-corrected chi connectivity index (χ0v) is 41.5. The molecule has 0 saturated carbocycles. The van der Waals surface area contributed by atoms with Crippen molar-refractivity contribution in [1.82, 2.24) is 4.57 Å². The van der Waals surface area contributed by atoms with Gasteiger partial charge < -0.3 is 0 Å². The molecule has 0 bridgehead atoms. The molecule has 0 spiro atoms. The minimum atomic E-state index is -0.274. The molecule has 3 heterocycles. The predicted octanol–water partition coefficient (Wildman–Crippen LogP) is 13.4. The molecule has 6 heteroatoms. The van der Waals surface area contributed by atoms with Gasteiger partial charge in [0.2, 0.25) is 0 Å². The van der Waals surface area contributed by atoms with Crippen molar-refractivity contribution in [3.63, 3.8) is 0 Å². The van der Waals surface area contributed by atoms with Crippen LogP contribution >= 0.6 is 0 Å². The number of para-hydroxylation sites is 2. The second-order valence-corrected chi connectivity index (χ2v) is 21.9. The van der Waals surface area contributed by atoms with E-state index in [9.17, 15) is 8.00 Å². The van der Waals surface area contributed by atoms with Crippen molar-refractivity contribution >= 4 is 91.5 Å². The summed E-state index contributed by atoms with van der Waals surface area (Å²) in [5, 5.41) is 11.3. The Morgan fingerprint density at radius 1 is 0.569 bits per heavy atom. The van der Waals surface area contributed by atoms with E-state index in [4.69, 9.17) is 9.31 Å². The first kappa shape index (κ1) is 39.1. The first-order valence-corrected chi connectivity index (χ1v) is 25.8. The number of benzene rings is 10. The van der Waals surface area contributed by atoms with E-state index >= 15 is 0 Å². The van der Waals surface area contributed by atoms with Crippen molar-refractivity contribution in [3.05, 3.63) is 241 Å². The van der Waals surface area contributed by atoms with Gasteiger partial charge in [-0.1, -0.05) is 0 Å². The van der Waals surface area contributed by atoms with E-state index in [2.05, 4.69) is 187 Å². The molecule has 0 N–H and O–H groups in total. The molecule has 0 unspecified atom stereocenters. The Kier molecular flexibility index (Phi) is 9.26. The molecule has 0 fully saturated rings. The van der Waals surface area contributed by atoms with Gasteiger partial charge in [0.1, 0.15) is 0 Å². The molecule has 0 aliphatic carbocycles. The van der Waals surface area contributed by atoms with Crippen molar-refractivity contribution in [3.8, 4) is 56.3 Å². The molecule has 1 aromatic heterocycles. The fourth-order valence-electron chi connectivity index (χ4n) is 10.9. The van der Waals surface area contributed by atoms with Gasteiger partial charge in [0.05, 0.1) is 0 Å². The van der Waals surface area contributed by atoms with Crippen molar-refractivity contribution in [2.24, 2.45) is 0 Å². The third-order valence-electron chi connectivity index (χ3n) is 14.3. The summed E-state index contributed by atoms with van der Waals surface area (Å²) in [6.07, 6.45) is 0. The normalized spacial score (nSPS) is 13.3. The van der Waals surface area contributed by atoms with Gasteiger partial charge in [-0.05, 0) is 0 Å². The maximum atomic E-state index is 9.99. The molecule has 10 aromatic carbocycles. The Morgan fingerprint density at radius 2 is 1.22 bits per heavy atom. The van der Waals surface area contributed by atoms with Gasteiger partial charge in [0.25, 0.3) is 0 Å². The monoisotopic (exact) mass is 988 g/mol. The van der Waals surface area contributed by atoms with Crippen LogP contribution in [0.4, 0.5) is 22.7 Å². The Morgan fingerprint density at radius 3 is 1.94 bits per heavy atom. The third-order valence-corrected chi connectivity index (χ3v) is 16.8. The number of rotatable bonds is 6. The minimum absolute atomic E-state index is 0.0583. The second-order valence-electron chi connectivity index (χ2n) is 19.6. The molecule has 72 heavy (non-hydrogen) atoms. The van der Waals surface area contributed by atoms with Crippen LogP contribution < -0.4 is 30.2 Å². The topological polar surface area (TPSA) is 36.3 Å². The van der Waals surface area contributed by atoms with Crippen LogP contribution in [0.5, 0.6) is 0 Å². The molecule has 0 radical (unpaired) electrons. The number of nitrogens with zero attached hydrogens (tertiary/aromatic N) is 4. The standard InChI is InChI=1S/C66H45BN4Se/c1-66(2,3)49-30-32-59-55(38-49)54-24-11-12-27-58(54)70(59)51-39-61-64-63(40-51)72-62-33-29-48(45-21-13-16-42(34-45)41-68)37-57(62)67(64)56-36-47(46-22-14-23-50(35-46)69-4)28-31-60(56)71(61)65-52(43-17-7-5-8-18-43)25-15-26-53(65)44-19-9-6-10-20-44/h5-40H,1-3H3/i11D,12D,24D,27D. The van der Waals surface area contributed by atoms with Gasteiger partial charge in [-0.3, -0.25) is 0 Å². The molecule has 0 atom stereocenters. The fourth-order valence-corrected chi connectivity index (χ4v) is 13.4. The molecule has 13 rings (SSSR count). The molecular weight excluding hydrogens is 939 g/mol. The Hall–Kier alpha value is -8.64. The summed E-state index contributed by atoms with van der Waals surface area (Å²) in [6, 6.07) is 69.3. The fraction of sp³-hybridized carbons (Fsp3) is 0.0606. The molecule has 4 nitrogen and oxygen atoms in total. The summed E-state index contributed by atoms with van der Waals surface area (Å²) in [5.74, 6) is 0. The van der Waals surface area contributed by atoms with Crippen molar-refractivity contribution < 1.29 is 5.48 Å². The molecule has 11 aromatic rings. The number of hydrogen-bond acceptors (Lipinski definition) is 2. The van der Waals surface area contributed by atoms with Gasteiger partial charge in [0.15, 0.2) is 0 Å². The van der Waals surface area contributed by atoms with E-state index in [1.54, 1.807) is 0 Å². The Bertz CT molecular complexity index is 4280. The summed E-state index contributed by atoms with van der Waals surface area (Å²) in [5.41, 5.74) is 18.6. The quantitative estimate of drug-likeness (QED) is 0.123. The van der Waals surface area contributed by atoms with Crippen LogP contribution in [-0.4, -0.2) is 26.2 Å². The molecule has 0 saturated heterocycles. The van der Waals surface area contributed by atoms with Crippen LogP contribution in [0.3, 0.4) is 0 Å². The van der Waals surface area contributed by atoms with Gasteiger partial charge >= 0.3 is 435 Å². The van der Waals surface area contributed by atoms with E-state index in [-0.39, 0.29) is 51.3 Å². The Labute approximate surface area is 432 Å². The van der Waals surface area contributed by atoms with Gasteiger partial charge in [0, 0.05) is 0 Å². The van der Waals surface area contributed by atoms with Gasteiger partial charge in [-0.25, -0.2) is 0 Å². The van der Waals surface area contributed by atoms with Crippen LogP contribution in [0.25, 0.3) is 76.8 Å². The van der Waals surface area contributed by atoms with Gasteiger partial charge in [-0.2, -0.15) is 0 Å². The van der Waals surface area contributed by atoms with Crippen LogP contribution in [0.15, 0.2) is 218 Å². The van der Waals surface area contributed by atoms with Crippen LogP contribution in [0.1, 0.15) is 37.4 Å². The average molecular weight is 988 g/mol. The van der Waals surface area contributed by atoms with Crippen molar-refractivity contribution in [1.29, 1.82) is 5.26 Å². The summed E-state index contributed by atoms with van der Waals surface area (Å²) in [6.45, 7) is 14.2. The summed E-state index contributed by atoms with van der Waals surface area (Å²) < 4.78 is 41.6. The predicted molar refractivity (Wildman–Crippen MR) is 303 cm³/mol. The van der Waals surface area contributed by atoms with Crippen LogP contribution in [0, 0.1) is 17.9 Å². The molecule has 0 amide bonds. The van der Waals surface area contributed by atoms with Gasteiger partial charge in [-0.15, -0.1) is 0 Å². The summed E-state index contributed by atoms with van der Waals surface area (Å²) in [7, 11) is 0. The van der Waals surface area contributed by atoms with Crippen LogP contribution in [-0.2, 0) is 5.41 Å². The zero-order valence-electron chi connectivity index (χ0n) is 43.7. The number of aromatic nitrogens is 1. The van der Waals surface area contributed by atoms with Crippen molar-refractivity contribution in [2.45, 2.75) is 26.2 Å². The van der Waals surface area contributed by atoms with Crippen molar-refractivity contribution in [2.75, 3.05) is 4.90 Å². The average Bonchev–Trinajstić information content (AvgIpc) is 3.99. The van der Waals surface area contributed by atoms with E-state index < -0.39 is 0 Å². The first-order chi connectivity index (χ1) is 36.9.